The number of fused-ring (bicyclic) bond motifs is 6. The molecule has 15 aromatic rings. The molecule has 0 saturated heterocycles. The molecule has 0 fully saturated rings. The first-order valence-corrected chi connectivity index (χ1v) is 35.1. The Morgan fingerprint density at radius 1 is 0.219 bits per heavy atom. The molecule has 0 spiro atoms. The second-order valence-electron chi connectivity index (χ2n) is 26.0. The van der Waals surface area contributed by atoms with Gasteiger partial charge in [-0.2, -0.15) is 0 Å². The minimum absolute atomic E-state index is 0.188. The fraction of sp³-hybridized carbons (Fsp3) is 0.114. The van der Waals surface area contributed by atoms with Gasteiger partial charge in [0.15, 0.2) is 0 Å². The molecule has 0 N–H and O–H groups in total. The van der Waals surface area contributed by atoms with Crippen LogP contribution in [-0.2, 0) is 13.1 Å². The van der Waals surface area contributed by atoms with E-state index in [1.807, 2.05) is 133 Å². The molecule has 114 heavy (non-hydrogen) atoms. The molecule has 15 rings (SSSR count). The summed E-state index contributed by atoms with van der Waals surface area (Å²) in [6.07, 6.45) is -20.2. The highest BCUT2D eigenvalue weighted by molar-refractivity contribution is 6.13. The Hall–Kier alpha value is -13.8. The largest absolute Gasteiger partial charge is 0.573 e. The molecule has 2 aromatic heterocycles. The van der Waals surface area contributed by atoms with Gasteiger partial charge in [-0.25, -0.2) is 0 Å². The molecule has 14 nitrogen and oxygen atoms in total. The molecule has 0 aliphatic carbocycles. The van der Waals surface area contributed by atoms with Gasteiger partial charge in [-0.05, 0) is 278 Å². The second-order valence-corrected chi connectivity index (χ2v) is 26.0. The molecule has 0 unspecified atom stereocenters. The maximum absolute atomic E-state index is 13.6. The standard InChI is InChI=1S/C88H64F12N6O8/c1-107-69-29-9-57(10-30-69)103(58-11-31-70(108-2)32-12-58)65-25-45-81-77(49-65)78-50-66(104(59-13-33-71(109-3)34-14-59)60-15-35-72(110-4)36-16-60)26-46-82(78)101(81)53-55-7-5-6-8-56(55)54-102-83-47-27-67(105(61-17-37-73(38-18-61)111-85(89,90)91)62-19-39-74(40-20-62)112-86(92,93)94)51-79(83)80-52-68(28-48-84(80)102)106(63-21-41-75(42-22-63)113-87(95,96)97)64-23-43-76(44-24-64)114-88(98,99)100/h5-52H,53-54H2,1-4H3. The molecule has 26 heteroatoms. The maximum atomic E-state index is 13.6. The van der Waals surface area contributed by atoms with Crippen LogP contribution in [0.15, 0.2) is 291 Å². The number of rotatable bonds is 24. The van der Waals surface area contributed by atoms with Crippen LogP contribution in [0.3, 0.4) is 0 Å². The molecule has 578 valence electrons. The van der Waals surface area contributed by atoms with Crippen LogP contribution in [0.5, 0.6) is 46.0 Å². The smallest absolute Gasteiger partial charge is 0.497 e. The van der Waals surface area contributed by atoms with E-state index in [0.29, 0.717) is 62.7 Å². The average molecular weight is 1560 g/mol. The third-order valence-electron chi connectivity index (χ3n) is 19.1. The van der Waals surface area contributed by atoms with Gasteiger partial charge in [0.25, 0.3) is 0 Å². The number of benzene rings is 13. The minimum atomic E-state index is -5.05. The van der Waals surface area contributed by atoms with Gasteiger partial charge in [0.2, 0.25) is 0 Å². The number of methoxy groups -OCH3 is 4. The quantitative estimate of drug-likeness (QED) is 0.0539. The number of nitrogens with zero attached hydrogens (tertiary/aromatic N) is 6. The maximum Gasteiger partial charge on any atom is 0.573 e. The van der Waals surface area contributed by atoms with Crippen LogP contribution in [-0.4, -0.2) is 63.0 Å². The first-order valence-electron chi connectivity index (χ1n) is 35.1. The Kier molecular flexibility index (Phi) is 20.4. The number of alkyl halides is 12. The van der Waals surface area contributed by atoms with E-state index in [1.54, 1.807) is 62.5 Å². The third kappa shape index (κ3) is 16.5. The summed E-state index contributed by atoms with van der Waals surface area (Å²) in [4.78, 5) is 7.50. The van der Waals surface area contributed by atoms with Crippen LogP contribution in [0.1, 0.15) is 11.1 Å². The van der Waals surface area contributed by atoms with Gasteiger partial charge >= 0.3 is 25.4 Å². The van der Waals surface area contributed by atoms with E-state index in [0.717, 1.165) is 116 Å². The van der Waals surface area contributed by atoms with Gasteiger partial charge < -0.3 is 66.6 Å². The molecule has 0 aliphatic rings. The molecule has 13 aromatic carbocycles. The van der Waals surface area contributed by atoms with Crippen LogP contribution < -0.4 is 57.5 Å². The fourth-order valence-electron chi connectivity index (χ4n) is 14.2. The summed E-state index contributed by atoms with van der Waals surface area (Å²) in [5, 5.41) is 2.88. The zero-order valence-electron chi connectivity index (χ0n) is 60.6. The molecule has 0 bridgehead atoms. The lowest BCUT2D eigenvalue weighted by Crippen LogP contribution is -2.17. The summed E-state index contributed by atoms with van der Waals surface area (Å²) in [5.74, 6) is 0.465. The number of ether oxygens (including phenoxy) is 8. The zero-order chi connectivity index (χ0) is 79.8. The minimum Gasteiger partial charge on any atom is -0.497 e. The van der Waals surface area contributed by atoms with Crippen molar-refractivity contribution in [1.82, 2.24) is 9.13 Å². The topological polar surface area (TPSA) is 96.7 Å². The van der Waals surface area contributed by atoms with E-state index in [-0.39, 0.29) is 29.3 Å². The highest BCUT2D eigenvalue weighted by Gasteiger charge is 2.35. The van der Waals surface area contributed by atoms with Crippen LogP contribution >= 0.6 is 0 Å². The van der Waals surface area contributed by atoms with Crippen molar-refractivity contribution in [3.05, 3.63) is 302 Å². The van der Waals surface area contributed by atoms with Crippen molar-refractivity contribution in [3.63, 3.8) is 0 Å². The van der Waals surface area contributed by atoms with Crippen molar-refractivity contribution in [2.75, 3.05) is 48.0 Å². The Balaban J connectivity index is 0.908. The van der Waals surface area contributed by atoms with Gasteiger partial charge in [-0.1, -0.05) is 24.3 Å². The van der Waals surface area contributed by atoms with E-state index < -0.39 is 48.4 Å². The first-order chi connectivity index (χ1) is 54.7. The molecule has 0 atom stereocenters. The number of hydrogen-bond donors (Lipinski definition) is 0. The van der Waals surface area contributed by atoms with Crippen LogP contribution in [0.25, 0.3) is 43.6 Å². The Labute approximate surface area is 643 Å². The normalized spacial score (nSPS) is 11.9. The molecule has 0 amide bonds. The van der Waals surface area contributed by atoms with Crippen LogP contribution in [0.4, 0.5) is 121 Å². The molecular formula is C88H64F12N6O8. The number of anilines is 12. The second kappa shape index (κ2) is 30.8. The summed E-state index contributed by atoms with van der Waals surface area (Å²) in [5.41, 5.74) is 11.5. The van der Waals surface area contributed by atoms with Gasteiger partial charge in [0.1, 0.15) is 46.0 Å². The Morgan fingerprint density at radius 3 is 0.553 bits per heavy atom. The number of aromatic nitrogens is 2. The third-order valence-corrected chi connectivity index (χ3v) is 19.1. The summed E-state index contributed by atoms with van der Waals surface area (Å²) in [6.45, 7) is 0.499. The van der Waals surface area contributed by atoms with Crippen molar-refractivity contribution in [3.8, 4) is 46.0 Å². The SMILES string of the molecule is COc1ccc(N(c2ccc(OC)cc2)c2ccc3c(c2)c2cc(N(c4ccc(OC)cc4)c4ccc(OC)cc4)ccc2n3Cc2ccccc2Cn2c3ccc(N(c4ccc(OC(F)(F)F)cc4)c4ccc(OC(F)(F)F)cc4)cc3c3cc(N(c4ccc(OC(F)(F)F)cc4)c4ccc(OC(F)(F)F)cc4)ccc32)cc1. The monoisotopic (exact) mass is 1560 g/mol. The summed E-state index contributed by atoms with van der Waals surface area (Å²) >= 11 is 0. The molecule has 0 radical (unpaired) electrons. The molecule has 0 aliphatic heterocycles. The highest BCUT2D eigenvalue weighted by Crippen LogP contribution is 2.48. The lowest BCUT2D eigenvalue weighted by molar-refractivity contribution is -0.275. The van der Waals surface area contributed by atoms with Crippen molar-refractivity contribution < 1.29 is 90.6 Å². The Morgan fingerprint density at radius 2 is 0.386 bits per heavy atom. The average Bonchev–Trinajstić information content (AvgIpc) is 1.59. The highest BCUT2D eigenvalue weighted by atomic mass is 19.4. The van der Waals surface area contributed by atoms with E-state index in [1.165, 1.54) is 48.5 Å². The Bertz CT molecular complexity index is 5360. The fourth-order valence-corrected chi connectivity index (χ4v) is 14.2. The van der Waals surface area contributed by atoms with Crippen LogP contribution in [0, 0.1) is 0 Å². The first kappa shape index (κ1) is 75.6. The van der Waals surface area contributed by atoms with Crippen molar-refractivity contribution in [2.24, 2.45) is 0 Å². The van der Waals surface area contributed by atoms with Crippen molar-refractivity contribution in [1.29, 1.82) is 0 Å². The van der Waals surface area contributed by atoms with E-state index in [2.05, 4.69) is 74.3 Å². The predicted molar refractivity (Wildman–Crippen MR) is 415 cm³/mol. The van der Waals surface area contributed by atoms with E-state index in [4.69, 9.17) is 18.9 Å². The van der Waals surface area contributed by atoms with Gasteiger partial charge in [-0.3, -0.25) is 0 Å². The van der Waals surface area contributed by atoms with Gasteiger partial charge in [-0.15, -0.1) is 52.7 Å². The van der Waals surface area contributed by atoms with Gasteiger partial charge in [0.05, 0.1) is 28.4 Å². The van der Waals surface area contributed by atoms with E-state index in [9.17, 15) is 52.7 Å². The summed E-state index contributed by atoms with van der Waals surface area (Å²) in [6, 6.07) is 81.9. The molecule has 2 heterocycles. The van der Waals surface area contributed by atoms with E-state index >= 15 is 0 Å². The van der Waals surface area contributed by atoms with Gasteiger partial charge in [0, 0.05) is 125 Å². The van der Waals surface area contributed by atoms with Crippen molar-refractivity contribution in [2.45, 2.75) is 38.5 Å². The summed E-state index contributed by atoms with van der Waals surface area (Å²) < 4.78 is 207. The number of halogens is 12. The van der Waals surface area contributed by atoms with Crippen molar-refractivity contribution >= 4 is 112 Å². The number of hydrogen-bond acceptors (Lipinski definition) is 12. The summed E-state index contributed by atoms with van der Waals surface area (Å²) in [7, 11) is 6.45. The van der Waals surface area contributed by atoms with Crippen LogP contribution in [0.2, 0.25) is 0 Å². The lowest BCUT2D eigenvalue weighted by atomic mass is 10.1. The lowest BCUT2D eigenvalue weighted by Gasteiger charge is -2.26. The zero-order valence-corrected chi connectivity index (χ0v) is 60.6. The molecular weight excluding hydrogens is 1500 g/mol. The predicted octanol–water partition coefficient (Wildman–Crippen LogP) is 25.5. The molecule has 0 saturated carbocycles.